The van der Waals surface area contributed by atoms with Gasteiger partial charge in [-0.05, 0) is 12.1 Å². The Labute approximate surface area is 142 Å². The highest BCUT2D eigenvalue weighted by molar-refractivity contribution is 9.09. The molecular formula is C16H17BrO6. The summed E-state index contributed by atoms with van der Waals surface area (Å²) in [7, 11) is 1.25. The minimum absolute atomic E-state index is 0.158. The Morgan fingerprint density at radius 1 is 1.22 bits per heavy atom. The second-order valence-electron chi connectivity index (χ2n) is 4.44. The van der Waals surface area contributed by atoms with Gasteiger partial charge < -0.3 is 14.2 Å². The van der Waals surface area contributed by atoms with Crippen molar-refractivity contribution in [2.75, 3.05) is 13.7 Å². The SMILES string of the molecule is COC(=O)/C=C/[C@@H](Br)[C@@H](COC(=O)c1ccccc1)OC(C)=O. The summed E-state index contributed by atoms with van der Waals surface area (Å²) in [5, 5.41) is 0. The number of hydrogen-bond donors (Lipinski definition) is 0. The number of carbonyl (C=O) groups excluding carboxylic acids is 3. The van der Waals surface area contributed by atoms with Crippen molar-refractivity contribution >= 4 is 33.8 Å². The molecule has 124 valence electrons. The van der Waals surface area contributed by atoms with Crippen molar-refractivity contribution in [3.8, 4) is 0 Å². The predicted octanol–water partition coefficient (Wildman–Crippen LogP) is 2.27. The van der Waals surface area contributed by atoms with Crippen LogP contribution in [0.15, 0.2) is 42.5 Å². The largest absolute Gasteiger partial charge is 0.466 e. The molecule has 0 aliphatic rings. The summed E-state index contributed by atoms with van der Waals surface area (Å²) < 4.78 is 14.7. The normalized spacial score (nSPS) is 13.2. The van der Waals surface area contributed by atoms with Crippen LogP contribution in [0.5, 0.6) is 0 Å². The Balaban J connectivity index is 2.67. The van der Waals surface area contributed by atoms with E-state index in [2.05, 4.69) is 20.7 Å². The molecule has 0 saturated carbocycles. The maximum absolute atomic E-state index is 11.9. The van der Waals surface area contributed by atoms with Gasteiger partial charge in [0.1, 0.15) is 6.61 Å². The van der Waals surface area contributed by atoms with Crippen molar-refractivity contribution in [2.24, 2.45) is 0 Å². The van der Waals surface area contributed by atoms with Gasteiger partial charge in [0.25, 0.3) is 0 Å². The van der Waals surface area contributed by atoms with Gasteiger partial charge in [0.05, 0.1) is 17.5 Å². The summed E-state index contributed by atoms with van der Waals surface area (Å²) in [6, 6.07) is 8.45. The van der Waals surface area contributed by atoms with E-state index in [1.165, 1.54) is 26.2 Å². The highest BCUT2D eigenvalue weighted by atomic mass is 79.9. The van der Waals surface area contributed by atoms with Crippen molar-refractivity contribution in [3.63, 3.8) is 0 Å². The molecule has 0 aliphatic heterocycles. The summed E-state index contributed by atoms with van der Waals surface area (Å²) >= 11 is 3.27. The maximum Gasteiger partial charge on any atom is 0.338 e. The molecule has 2 atom stereocenters. The summed E-state index contributed by atoms with van der Waals surface area (Å²) in [5.41, 5.74) is 0.394. The fourth-order valence-electron chi connectivity index (χ4n) is 1.58. The minimum atomic E-state index is -0.777. The quantitative estimate of drug-likeness (QED) is 0.310. The van der Waals surface area contributed by atoms with Gasteiger partial charge in [-0.25, -0.2) is 9.59 Å². The van der Waals surface area contributed by atoms with Gasteiger partial charge in [0.2, 0.25) is 0 Å². The molecule has 0 spiro atoms. The Hall–Kier alpha value is -2.15. The Kier molecular flexibility index (Phi) is 8.04. The van der Waals surface area contributed by atoms with E-state index < -0.39 is 28.8 Å². The standard InChI is InChI=1S/C16H17BrO6/c1-11(18)23-14(13(17)8-9-15(19)21-2)10-22-16(20)12-6-4-3-5-7-12/h3-9,13-14H,10H2,1-2H3/b9-8+/t13-,14-/m1/s1. The number of carbonyl (C=O) groups is 3. The summed E-state index contributed by atoms with van der Waals surface area (Å²) in [6.45, 7) is 1.09. The molecule has 0 amide bonds. The number of methoxy groups -OCH3 is 1. The number of ether oxygens (including phenoxy) is 3. The second kappa shape index (κ2) is 9.78. The lowest BCUT2D eigenvalue weighted by Crippen LogP contribution is -2.31. The van der Waals surface area contributed by atoms with Crippen molar-refractivity contribution in [2.45, 2.75) is 17.9 Å². The van der Waals surface area contributed by atoms with Crippen LogP contribution in [0.3, 0.4) is 0 Å². The molecule has 7 heteroatoms. The first-order valence-corrected chi connectivity index (χ1v) is 7.65. The van der Waals surface area contributed by atoms with Crippen LogP contribution in [0.1, 0.15) is 17.3 Å². The highest BCUT2D eigenvalue weighted by Crippen LogP contribution is 2.14. The zero-order valence-corrected chi connectivity index (χ0v) is 14.3. The lowest BCUT2D eigenvalue weighted by molar-refractivity contribution is -0.147. The molecule has 0 radical (unpaired) electrons. The summed E-state index contributed by atoms with van der Waals surface area (Å²) in [4.78, 5) is 33.6. The maximum atomic E-state index is 11.9. The number of halogens is 1. The molecule has 1 aromatic carbocycles. The van der Waals surface area contributed by atoms with Gasteiger partial charge in [0, 0.05) is 13.0 Å². The molecule has 0 saturated heterocycles. The average Bonchev–Trinajstić information content (AvgIpc) is 2.56. The van der Waals surface area contributed by atoms with Gasteiger partial charge in [-0.15, -0.1) is 0 Å². The Morgan fingerprint density at radius 3 is 2.43 bits per heavy atom. The first kappa shape index (κ1) is 18.9. The first-order chi connectivity index (χ1) is 10.9. The second-order valence-corrected chi connectivity index (χ2v) is 5.50. The van der Waals surface area contributed by atoms with Crippen molar-refractivity contribution in [1.29, 1.82) is 0 Å². The van der Waals surface area contributed by atoms with Gasteiger partial charge in [-0.3, -0.25) is 4.79 Å². The van der Waals surface area contributed by atoms with Gasteiger partial charge in [-0.2, -0.15) is 0 Å². The lowest BCUT2D eigenvalue weighted by Gasteiger charge is -2.20. The molecule has 1 aromatic rings. The molecular weight excluding hydrogens is 368 g/mol. The molecule has 23 heavy (non-hydrogen) atoms. The van der Waals surface area contributed by atoms with E-state index in [0.717, 1.165) is 0 Å². The monoisotopic (exact) mass is 384 g/mol. The molecule has 0 aliphatic carbocycles. The van der Waals surface area contributed by atoms with Gasteiger partial charge in [0.15, 0.2) is 6.10 Å². The third kappa shape index (κ3) is 7.10. The van der Waals surface area contributed by atoms with Crippen LogP contribution in [0, 0.1) is 0 Å². The number of esters is 3. The van der Waals surface area contributed by atoms with Crippen LogP contribution in [0.2, 0.25) is 0 Å². The van der Waals surface area contributed by atoms with E-state index in [4.69, 9.17) is 9.47 Å². The van der Waals surface area contributed by atoms with Crippen LogP contribution in [0.4, 0.5) is 0 Å². The fourth-order valence-corrected chi connectivity index (χ4v) is 2.00. The molecule has 6 nitrogen and oxygen atoms in total. The van der Waals surface area contributed by atoms with Gasteiger partial charge >= 0.3 is 17.9 Å². The molecule has 0 fully saturated rings. The Bertz CT molecular complexity index is 569. The summed E-state index contributed by atoms with van der Waals surface area (Å²) in [5.74, 6) is -1.60. The van der Waals surface area contributed by atoms with E-state index >= 15 is 0 Å². The number of benzene rings is 1. The molecule has 0 bridgehead atoms. The molecule has 0 unspecified atom stereocenters. The molecule has 0 heterocycles. The van der Waals surface area contributed by atoms with Crippen LogP contribution >= 0.6 is 15.9 Å². The summed E-state index contributed by atoms with van der Waals surface area (Å²) in [6.07, 6.45) is 1.87. The van der Waals surface area contributed by atoms with Crippen LogP contribution in [0.25, 0.3) is 0 Å². The number of alkyl halides is 1. The van der Waals surface area contributed by atoms with Gasteiger partial charge in [-0.1, -0.05) is 40.2 Å². The average molecular weight is 385 g/mol. The fraction of sp³-hybridized carbons (Fsp3) is 0.312. The van der Waals surface area contributed by atoms with E-state index in [-0.39, 0.29) is 6.61 Å². The van der Waals surface area contributed by atoms with Crippen molar-refractivity contribution < 1.29 is 28.6 Å². The third-order valence-corrected chi connectivity index (χ3v) is 3.57. The van der Waals surface area contributed by atoms with E-state index in [0.29, 0.717) is 5.56 Å². The first-order valence-electron chi connectivity index (χ1n) is 6.73. The van der Waals surface area contributed by atoms with Crippen molar-refractivity contribution in [3.05, 3.63) is 48.0 Å². The van der Waals surface area contributed by atoms with E-state index in [1.54, 1.807) is 30.3 Å². The predicted molar refractivity (Wildman–Crippen MR) is 86.1 cm³/mol. The zero-order chi connectivity index (χ0) is 17.2. The number of rotatable bonds is 7. The van der Waals surface area contributed by atoms with Crippen LogP contribution in [-0.2, 0) is 23.8 Å². The zero-order valence-electron chi connectivity index (χ0n) is 12.7. The van der Waals surface area contributed by atoms with E-state index in [1.807, 2.05) is 0 Å². The smallest absolute Gasteiger partial charge is 0.338 e. The minimum Gasteiger partial charge on any atom is -0.466 e. The Morgan fingerprint density at radius 2 is 1.87 bits per heavy atom. The van der Waals surface area contributed by atoms with Crippen LogP contribution < -0.4 is 0 Å². The molecule has 1 rings (SSSR count). The topological polar surface area (TPSA) is 78.9 Å². The van der Waals surface area contributed by atoms with Crippen LogP contribution in [-0.4, -0.2) is 42.6 Å². The third-order valence-electron chi connectivity index (χ3n) is 2.68. The van der Waals surface area contributed by atoms with E-state index in [9.17, 15) is 14.4 Å². The number of hydrogen-bond acceptors (Lipinski definition) is 6. The molecule has 0 aromatic heterocycles. The highest BCUT2D eigenvalue weighted by Gasteiger charge is 2.22. The van der Waals surface area contributed by atoms with Crippen molar-refractivity contribution in [1.82, 2.24) is 0 Å². The lowest BCUT2D eigenvalue weighted by atomic mass is 10.2. The molecule has 0 N–H and O–H groups in total.